The number of hydrogen-bond donors (Lipinski definition) is 0. The van der Waals surface area contributed by atoms with E-state index in [0.29, 0.717) is 43.5 Å². The van der Waals surface area contributed by atoms with E-state index >= 15 is 0 Å². The Kier molecular flexibility index (Phi) is 11.5. The van der Waals surface area contributed by atoms with Gasteiger partial charge < -0.3 is 0 Å². The summed E-state index contributed by atoms with van der Waals surface area (Å²) in [5, 5.41) is 2.80. The average Bonchev–Trinajstić information content (AvgIpc) is 4.06. The normalized spacial score (nSPS) is 14.4. The van der Waals surface area contributed by atoms with Gasteiger partial charge in [0.1, 0.15) is 19.3 Å². The van der Waals surface area contributed by atoms with Crippen LogP contribution < -0.4 is 10.4 Å². The van der Waals surface area contributed by atoms with Crippen LogP contribution in [0.25, 0.3) is 48.8 Å². The van der Waals surface area contributed by atoms with Crippen LogP contribution in [0.4, 0.5) is 0 Å². The Hall–Kier alpha value is -3.30. The van der Waals surface area contributed by atoms with E-state index in [1.807, 2.05) is 34.8 Å². The Balaban J connectivity index is 0.843. The van der Waals surface area contributed by atoms with Crippen LogP contribution in [-0.2, 0) is 0 Å². The summed E-state index contributed by atoms with van der Waals surface area (Å²) in [6, 6.07) is 17.1. The molecule has 0 spiro atoms. The largest absolute Gasteiger partial charge is 0.274 e. The minimum Gasteiger partial charge on any atom is -0.274 e. The Morgan fingerprint density at radius 3 is 1.14 bits per heavy atom. The van der Waals surface area contributed by atoms with E-state index in [2.05, 4.69) is 50.2 Å². The zero-order valence-electron chi connectivity index (χ0n) is 32.0. The van der Waals surface area contributed by atoms with Gasteiger partial charge in [-0.3, -0.25) is 29.0 Å². The molecule has 0 saturated carbocycles. The molecule has 0 atom stereocenters. The van der Waals surface area contributed by atoms with Crippen molar-refractivity contribution in [3.8, 4) is 48.8 Å². The summed E-state index contributed by atoms with van der Waals surface area (Å²) in [5.41, 5.74) is 1.12. The third-order valence-corrected chi connectivity index (χ3v) is 20.2. The Morgan fingerprint density at radius 1 is 0.404 bits per heavy atom. The molecule has 0 aliphatic carbocycles. The van der Waals surface area contributed by atoms with Gasteiger partial charge in [0, 0.05) is 61.9 Å². The minimum absolute atomic E-state index is 0.134. The molecule has 4 amide bonds. The molecule has 13 heteroatoms. The van der Waals surface area contributed by atoms with Crippen LogP contribution in [0.3, 0.4) is 0 Å². The van der Waals surface area contributed by atoms with E-state index in [1.54, 1.807) is 22.7 Å². The molecular weight excluding hydrogens is 841 g/mol. The maximum absolute atomic E-state index is 13.2. The summed E-state index contributed by atoms with van der Waals surface area (Å²) in [7, 11) is 0.616. The fourth-order valence-electron chi connectivity index (χ4n) is 7.79. The highest BCUT2D eigenvalue weighted by Gasteiger charge is 2.39. The van der Waals surface area contributed by atoms with Gasteiger partial charge in [0.05, 0.1) is 11.1 Å². The van der Waals surface area contributed by atoms with Gasteiger partial charge in [-0.1, -0.05) is 78.1 Å². The second kappa shape index (κ2) is 16.7. The van der Waals surface area contributed by atoms with Gasteiger partial charge in [-0.2, -0.15) is 0 Å². The maximum Gasteiger partial charge on any atom is 0.271 e. The molecule has 6 nitrogen and oxygen atoms in total. The van der Waals surface area contributed by atoms with Crippen LogP contribution in [0, 0.1) is 0 Å². The Bertz CT molecular complexity index is 2270. The number of fused-ring (bicyclic) bond motifs is 5. The van der Waals surface area contributed by atoms with E-state index in [9.17, 15) is 19.2 Å². The standard InChI is InChI=1S/C44H42N2O4S6Si/c1-3-5-7-9-11-13-19-45-41(47)25-21-31(53-37(25)43(45)49)27-15-17-29(51-27)33-23-35-39(55-33)40-36(57-35)24-34(56-40)30-18-16-28(52-30)32-22-26-38(54-32)44(50)46(42(26)48)20-14-12-10-8-6-4-2/h15-18,21-24H,3-14,19-20H2,1-2H3. The lowest BCUT2D eigenvalue weighted by molar-refractivity contribution is 0.0637. The second-order valence-corrected chi connectivity index (χ2v) is 22.6. The Morgan fingerprint density at radius 2 is 0.754 bits per heavy atom. The third kappa shape index (κ3) is 7.47. The molecule has 6 aromatic rings. The van der Waals surface area contributed by atoms with Crippen LogP contribution in [-0.4, -0.2) is 56.0 Å². The topological polar surface area (TPSA) is 74.8 Å². The minimum atomic E-state index is -0.142. The molecule has 6 aromatic heterocycles. The molecule has 0 bridgehead atoms. The van der Waals surface area contributed by atoms with Crippen molar-refractivity contribution >= 4 is 112 Å². The zero-order chi connectivity index (χ0) is 39.2. The summed E-state index contributed by atoms with van der Waals surface area (Å²) >= 11 is 10.1. The number of thiophene rings is 6. The van der Waals surface area contributed by atoms with Crippen molar-refractivity contribution < 1.29 is 19.2 Å². The molecule has 0 aromatic carbocycles. The first kappa shape index (κ1) is 39.2. The van der Waals surface area contributed by atoms with Gasteiger partial charge in [-0.05, 0) is 71.7 Å². The van der Waals surface area contributed by atoms with Gasteiger partial charge in [0.15, 0.2) is 0 Å². The number of amides is 4. The molecule has 0 saturated heterocycles. The average molecular weight is 883 g/mol. The van der Waals surface area contributed by atoms with E-state index in [0.717, 1.165) is 58.0 Å². The van der Waals surface area contributed by atoms with Crippen molar-refractivity contribution in [2.24, 2.45) is 0 Å². The molecule has 0 fully saturated rings. The smallest absolute Gasteiger partial charge is 0.271 e. The zero-order valence-corrected chi connectivity index (χ0v) is 37.9. The van der Waals surface area contributed by atoms with Crippen LogP contribution in [0.5, 0.6) is 0 Å². The van der Waals surface area contributed by atoms with E-state index in [1.165, 1.54) is 111 Å². The first-order valence-electron chi connectivity index (χ1n) is 20.1. The highest BCUT2D eigenvalue weighted by molar-refractivity contribution is 7.32. The van der Waals surface area contributed by atoms with Gasteiger partial charge in [0.2, 0.25) is 0 Å². The summed E-state index contributed by atoms with van der Waals surface area (Å²) in [5.74, 6) is -0.552. The summed E-state index contributed by atoms with van der Waals surface area (Å²) in [4.78, 5) is 68.6. The van der Waals surface area contributed by atoms with Crippen molar-refractivity contribution in [3.05, 3.63) is 69.4 Å². The number of carbonyl (C=O) groups excluding carboxylic acids is 4. The predicted molar refractivity (Wildman–Crippen MR) is 243 cm³/mol. The number of hydrogen-bond acceptors (Lipinski definition) is 10. The molecule has 9 heterocycles. The molecule has 9 rings (SSSR count). The number of unbranched alkanes of at least 4 members (excludes halogenated alkanes) is 10. The number of carbonyl (C=O) groups is 4. The van der Waals surface area contributed by atoms with Crippen molar-refractivity contribution in [2.75, 3.05) is 13.1 Å². The van der Waals surface area contributed by atoms with Gasteiger partial charge in [0.25, 0.3) is 23.6 Å². The molecule has 2 radical (unpaired) electrons. The predicted octanol–water partition coefficient (Wildman–Crippen LogP) is 12.3. The Labute approximate surface area is 360 Å². The summed E-state index contributed by atoms with van der Waals surface area (Å²) in [6.45, 7) is 5.43. The van der Waals surface area contributed by atoms with Gasteiger partial charge >= 0.3 is 0 Å². The molecular formula is C44H42N2O4S6Si. The quantitative estimate of drug-likeness (QED) is 0.0489. The lowest BCUT2D eigenvalue weighted by atomic mass is 10.1. The molecule has 292 valence electrons. The first-order chi connectivity index (χ1) is 27.8. The molecule has 3 aliphatic heterocycles. The lowest BCUT2D eigenvalue weighted by Crippen LogP contribution is -2.30. The van der Waals surface area contributed by atoms with Gasteiger partial charge in [-0.15, -0.1) is 68.0 Å². The number of rotatable bonds is 18. The molecule has 3 aliphatic rings. The fourth-order valence-corrected chi connectivity index (χ4v) is 16.8. The van der Waals surface area contributed by atoms with E-state index in [-0.39, 0.29) is 23.6 Å². The maximum atomic E-state index is 13.2. The molecule has 57 heavy (non-hydrogen) atoms. The second-order valence-electron chi connectivity index (χ2n) is 14.9. The summed E-state index contributed by atoms with van der Waals surface area (Å²) in [6.07, 6.45) is 13.5. The van der Waals surface area contributed by atoms with Crippen molar-refractivity contribution in [1.82, 2.24) is 9.80 Å². The molecule has 0 unspecified atom stereocenters. The highest BCUT2D eigenvalue weighted by atomic mass is 32.1. The van der Waals surface area contributed by atoms with Crippen molar-refractivity contribution in [3.63, 3.8) is 0 Å². The lowest BCUT2D eigenvalue weighted by Gasteiger charge is -2.13. The summed E-state index contributed by atoms with van der Waals surface area (Å²) < 4.78 is 0. The van der Waals surface area contributed by atoms with Crippen LogP contribution in [0.15, 0.2) is 48.5 Å². The van der Waals surface area contributed by atoms with Crippen LogP contribution in [0.1, 0.15) is 131 Å². The van der Waals surface area contributed by atoms with E-state index in [4.69, 9.17) is 0 Å². The number of imide groups is 2. The van der Waals surface area contributed by atoms with E-state index < -0.39 is 0 Å². The number of nitrogens with zero attached hydrogens (tertiary/aromatic N) is 2. The fraction of sp³-hybridized carbons (Fsp3) is 0.364. The van der Waals surface area contributed by atoms with Crippen LogP contribution >= 0.6 is 68.0 Å². The van der Waals surface area contributed by atoms with Gasteiger partial charge in [-0.25, -0.2) is 0 Å². The van der Waals surface area contributed by atoms with Crippen molar-refractivity contribution in [2.45, 2.75) is 90.9 Å². The first-order valence-corrected chi connectivity index (χ1v) is 26.0. The highest BCUT2D eigenvalue weighted by Crippen LogP contribution is 2.47. The van der Waals surface area contributed by atoms with Crippen LogP contribution in [0.2, 0.25) is 0 Å². The SMILES string of the molecule is CCCCCCCCN1C(=O)c2cc(-c3ccc(-c4cc5c(s4)-c4sc(-c6ccc(-c7cc8c(s7)C(=O)N(CCCCCCCC)C8=O)s6)cc4[Si]5)s3)sc2C1=O. The van der Waals surface area contributed by atoms with Crippen molar-refractivity contribution in [1.29, 1.82) is 0 Å². The monoisotopic (exact) mass is 882 g/mol. The third-order valence-electron chi connectivity index (χ3n) is 10.9. The molecule has 0 N–H and O–H groups in total.